The Morgan fingerprint density at radius 1 is 1.02 bits per heavy atom. The highest BCUT2D eigenvalue weighted by Crippen LogP contribution is 2.29. The van der Waals surface area contributed by atoms with Crippen molar-refractivity contribution in [3.05, 3.63) is 71.1 Å². The predicted molar refractivity (Wildman–Crippen MR) is 160 cm³/mol. The summed E-state index contributed by atoms with van der Waals surface area (Å²) in [6.07, 6.45) is 8.74. The number of aliphatic carboxylic acids is 1. The molecule has 1 fully saturated rings. The number of allylic oxidation sites excluding steroid dienone is 3. The Morgan fingerprint density at radius 3 is 2.15 bits per heavy atom. The highest BCUT2D eigenvalue weighted by Gasteiger charge is 2.24. The van der Waals surface area contributed by atoms with Gasteiger partial charge in [-0.2, -0.15) is 0 Å². The number of rotatable bonds is 12. The van der Waals surface area contributed by atoms with Crippen molar-refractivity contribution >= 4 is 23.1 Å². The van der Waals surface area contributed by atoms with Crippen molar-refractivity contribution in [1.29, 1.82) is 0 Å². The SMILES string of the molecule is C=C(CC)C(=NC=C(C)CC)N1CCC(COc2c(F)cc(/C(C)=C/N=C(C=C(C)CC)C(=O)O)cc2F)CC1. The summed E-state index contributed by atoms with van der Waals surface area (Å²) in [5.41, 5.74) is 3.58. The van der Waals surface area contributed by atoms with Gasteiger partial charge in [-0.15, -0.1) is 0 Å². The fourth-order valence-electron chi connectivity index (χ4n) is 3.99. The third-order valence-corrected chi connectivity index (χ3v) is 7.10. The van der Waals surface area contributed by atoms with Crippen molar-refractivity contribution < 1.29 is 23.4 Å². The number of carboxylic acid groups (broad SMARTS) is 1. The highest BCUT2D eigenvalue weighted by atomic mass is 19.1. The van der Waals surface area contributed by atoms with Crippen LogP contribution < -0.4 is 4.74 Å². The van der Waals surface area contributed by atoms with Crippen LogP contribution in [0.15, 0.2) is 63.9 Å². The molecule has 8 heteroatoms. The van der Waals surface area contributed by atoms with Crippen LogP contribution in [0.5, 0.6) is 5.75 Å². The van der Waals surface area contributed by atoms with E-state index in [2.05, 4.69) is 37.2 Å². The Hall–Kier alpha value is -3.55. The second-order valence-electron chi connectivity index (χ2n) is 10.2. The lowest BCUT2D eigenvalue weighted by atomic mass is 9.97. The van der Waals surface area contributed by atoms with E-state index in [4.69, 9.17) is 9.73 Å². The maximum absolute atomic E-state index is 14.9. The fourth-order valence-corrected chi connectivity index (χ4v) is 3.99. The van der Waals surface area contributed by atoms with Crippen LogP contribution >= 0.6 is 0 Å². The molecule has 0 unspecified atom stereocenters. The molecule has 0 saturated carbocycles. The van der Waals surface area contributed by atoms with Crippen LogP contribution in [0.25, 0.3) is 5.57 Å². The zero-order valence-electron chi connectivity index (χ0n) is 24.7. The molecular formula is C32H43F2N3O3. The van der Waals surface area contributed by atoms with Gasteiger partial charge in [-0.3, -0.25) is 0 Å². The molecule has 1 saturated heterocycles. The summed E-state index contributed by atoms with van der Waals surface area (Å²) < 4.78 is 35.4. The second-order valence-corrected chi connectivity index (χ2v) is 10.2. The molecule has 1 aromatic carbocycles. The van der Waals surface area contributed by atoms with E-state index in [1.807, 2.05) is 20.0 Å². The minimum absolute atomic E-state index is 0.143. The Kier molecular flexibility index (Phi) is 13.0. The van der Waals surface area contributed by atoms with Gasteiger partial charge in [0.05, 0.1) is 6.61 Å². The Balaban J connectivity index is 2.08. The van der Waals surface area contributed by atoms with Gasteiger partial charge in [-0.25, -0.2) is 23.6 Å². The number of carboxylic acids is 1. The fraction of sp³-hybridized carbons (Fsp3) is 0.469. The maximum Gasteiger partial charge on any atom is 0.354 e. The van der Waals surface area contributed by atoms with E-state index >= 15 is 0 Å². The number of halogens is 2. The molecule has 0 atom stereocenters. The van der Waals surface area contributed by atoms with Crippen LogP contribution in [0.2, 0.25) is 0 Å². The van der Waals surface area contributed by atoms with Crippen molar-refractivity contribution in [3.8, 4) is 5.75 Å². The first-order valence-corrected chi connectivity index (χ1v) is 13.9. The van der Waals surface area contributed by atoms with E-state index in [1.54, 1.807) is 6.92 Å². The molecule has 6 nitrogen and oxygen atoms in total. The number of carbonyl (C=O) groups is 1. The van der Waals surface area contributed by atoms with Crippen molar-refractivity contribution in [2.24, 2.45) is 15.9 Å². The van der Waals surface area contributed by atoms with Crippen LogP contribution in [0.4, 0.5) is 8.78 Å². The van der Waals surface area contributed by atoms with Crippen molar-refractivity contribution in [3.63, 3.8) is 0 Å². The summed E-state index contributed by atoms with van der Waals surface area (Å²) in [7, 11) is 0. The molecule has 0 aromatic heterocycles. The number of hydrogen-bond acceptors (Lipinski definition) is 4. The van der Waals surface area contributed by atoms with Crippen molar-refractivity contribution in [2.75, 3.05) is 19.7 Å². The van der Waals surface area contributed by atoms with Crippen LogP contribution in [-0.4, -0.2) is 47.2 Å². The van der Waals surface area contributed by atoms with Crippen LogP contribution in [0.3, 0.4) is 0 Å². The summed E-state index contributed by atoms with van der Waals surface area (Å²) in [5.74, 6) is -2.14. The van der Waals surface area contributed by atoms with Gasteiger partial charge in [-0.05, 0) is 93.7 Å². The average molecular weight is 556 g/mol. The van der Waals surface area contributed by atoms with E-state index in [0.29, 0.717) is 12.0 Å². The number of hydrogen-bond donors (Lipinski definition) is 1. The Bertz CT molecular complexity index is 1200. The standard InChI is InChI=1S/C32H43F2N3O3/c1-8-21(4)15-29(32(38)39)35-19-24(7)26-16-27(33)30(28(34)17-26)40-20-25-11-13-37(14-12-25)31(23(6)10-3)36-18-22(5)9-2/h15-19,25H,6,8-14,20H2,1-5,7H3,(H,38,39)/b21-15?,22-18?,24-19+,35-29?,36-31?. The molecule has 1 N–H and O–H groups in total. The lowest BCUT2D eigenvalue weighted by Gasteiger charge is -2.34. The quantitative estimate of drug-likeness (QED) is 0.210. The molecular weight excluding hydrogens is 512 g/mol. The zero-order valence-corrected chi connectivity index (χ0v) is 24.7. The van der Waals surface area contributed by atoms with Crippen LogP contribution in [0, 0.1) is 17.6 Å². The molecule has 40 heavy (non-hydrogen) atoms. The highest BCUT2D eigenvalue weighted by molar-refractivity contribution is 6.40. The Morgan fingerprint density at radius 2 is 1.62 bits per heavy atom. The first-order valence-electron chi connectivity index (χ1n) is 13.9. The van der Waals surface area contributed by atoms with Gasteiger partial charge >= 0.3 is 5.97 Å². The molecule has 1 aliphatic rings. The average Bonchev–Trinajstić information content (AvgIpc) is 2.94. The predicted octanol–water partition coefficient (Wildman–Crippen LogP) is 7.98. The van der Waals surface area contributed by atoms with E-state index in [0.717, 1.165) is 55.8 Å². The molecule has 2 rings (SSSR count). The van der Waals surface area contributed by atoms with Crippen molar-refractivity contribution in [1.82, 2.24) is 4.90 Å². The van der Waals surface area contributed by atoms with E-state index in [1.165, 1.54) is 30.0 Å². The minimum atomic E-state index is -1.17. The topological polar surface area (TPSA) is 74.5 Å². The molecule has 1 aliphatic heterocycles. The number of ether oxygens (including phenoxy) is 1. The number of benzene rings is 1. The lowest BCUT2D eigenvalue weighted by molar-refractivity contribution is -0.129. The largest absolute Gasteiger partial charge is 0.487 e. The molecule has 0 spiro atoms. The molecule has 0 radical (unpaired) electrons. The summed E-state index contributed by atoms with van der Waals surface area (Å²) in [6, 6.07) is 2.36. The summed E-state index contributed by atoms with van der Waals surface area (Å²) in [6.45, 7) is 17.5. The van der Waals surface area contributed by atoms with Crippen molar-refractivity contribution in [2.45, 2.75) is 73.6 Å². The van der Waals surface area contributed by atoms with Gasteiger partial charge in [0.15, 0.2) is 17.4 Å². The summed E-state index contributed by atoms with van der Waals surface area (Å²) in [5, 5.41) is 9.37. The molecule has 0 amide bonds. The van der Waals surface area contributed by atoms with E-state index in [9.17, 15) is 18.7 Å². The molecule has 218 valence electrons. The lowest BCUT2D eigenvalue weighted by Crippen LogP contribution is -2.40. The minimum Gasteiger partial charge on any atom is -0.487 e. The maximum atomic E-state index is 14.9. The number of piperidine rings is 1. The van der Waals surface area contributed by atoms with E-state index in [-0.39, 0.29) is 23.8 Å². The zero-order chi connectivity index (χ0) is 29.8. The van der Waals surface area contributed by atoms with Crippen LogP contribution in [0.1, 0.15) is 79.2 Å². The summed E-state index contributed by atoms with van der Waals surface area (Å²) >= 11 is 0. The third kappa shape index (κ3) is 9.57. The van der Waals surface area contributed by atoms with Gasteiger partial charge < -0.3 is 14.7 Å². The van der Waals surface area contributed by atoms with Gasteiger partial charge in [0.1, 0.15) is 11.5 Å². The monoisotopic (exact) mass is 555 g/mol. The number of nitrogens with zero attached hydrogens (tertiary/aromatic N) is 3. The normalized spacial score (nSPS) is 16.4. The molecule has 0 aliphatic carbocycles. The van der Waals surface area contributed by atoms with Gasteiger partial charge in [0.25, 0.3) is 0 Å². The summed E-state index contributed by atoms with van der Waals surface area (Å²) in [4.78, 5) is 22.4. The number of aliphatic imine (C=N–C) groups is 2. The molecule has 0 bridgehead atoms. The third-order valence-electron chi connectivity index (χ3n) is 7.10. The van der Waals surface area contributed by atoms with Crippen LogP contribution in [-0.2, 0) is 4.79 Å². The molecule has 1 heterocycles. The van der Waals surface area contributed by atoms with Gasteiger partial charge in [0.2, 0.25) is 0 Å². The van der Waals surface area contributed by atoms with Gasteiger partial charge in [0, 0.05) is 25.5 Å². The first kappa shape index (κ1) is 32.7. The van der Waals surface area contributed by atoms with Gasteiger partial charge in [-0.1, -0.05) is 38.5 Å². The molecule has 1 aromatic rings. The number of amidine groups is 1. The van der Waals surface area contributed by atoms with E-state index < -0.39 is 23.4 Å². The smallest absolute Gasteiger partial charge is 0.354 e. The number of likely N-dealkylation sites (tertiary alicyclic amines) is 1. The first-order chi connectivity index (χ1) is 19.0. The Labute approximate surface area is 237 Å². The second kappa shape index (κ2) is 15.9.